The van der Waals surface area contributed by atoms with Gasteiger partial charge in [-0.25, -0.2) is 8.42 Å². The van der Waals surface area contributed by atoms with Crippen molar-refractivity contribution in [3.63, 3.8) is 0 Å². The van der Waals surface area contributed by atoms with Crippen LogP contribution < -0.4 is 5.73 Å². The number of thioether (sulfide) groups is 1. The molecule has 7 heteroatoms. The van der Waals surface area contributed by atoms with Crippen molar-refractivity contribution in [3.05, 3.63) is 24.3 Å². The van der Waals surface area contributed by atoms with Gasteiger partial charge in [0.25, 0.3) is 0 Å². The maximum absolute atomic E-state index is 11.7. The molecule has 0 bridgehead atoms. The predicted molar refractivity (Wildman–Crippen MR) is 71.2 cm³/mol. The molecular formula is C11H12N2O3S2. The van der Waals surface area contributed by atoms with Crippen molar-refractivity contribution < 1.29 is 12.9 Å². The number of aromatic nitrogens is 1. The van der Waals surface area contributed by atoms with Crippen LogP contribution in [0, 0.1) is 0 Å². The number of nitrogen functional groups attached to an aromatic ring is 1. The third-order valence-corrected chi connectivity index (χ3v) is 4.45. The van der Waals surface area contributed by atoms with Crippen LogP contribution in [0.2, 0.25) is 0 Å². The highest BCUT2D eigenvalue weighted by Crippen LogP contribution is 2.30. The summed E-state index contributed by atoms with van der Waals surface area (Å²) in [6.45, 7) is 0. The molecule has 1 heterocycles. The van der Waals surface area contributed by atoms with Gasteiger partial charge in [-0.3, -0.25) is 0 Å². The molecule has 0 saturated carbocycles. The standard InChI is InChI=1S/C11H12N2O3S2/c1-17-9-4-3-7(5-10(9)18(2,14)15)8-6-11(12)16-13-8/h3-6H,12H2,1-2H3. The molecule has 0 saturated heterocycles. The highest BCUT2D eigenvalue weighted by Gasteiger charge is 2.15. The highest BCUT2D eigenvalue weighted by atomic mass is 32.2. The molecule has 96 valence electrons. The molecule has 2 aromatic rings. The summed E-state index contributed by atoms with van der Waals surface area (Å²) in [7, 11) is -3.28. The molecule has 0 aliphatic carbocycles. The molecule has 0 aliphatic heterocycles. The second-order valence-corrected chi connectivity index (χ2v) is 6.58. The van der Waals surface area contributed by atoms with E-state index in [1.165, 1.54) is 18.0 Å². The minimum atomic E-state index is -3.28. The lowest BCUT2D eigenvalue weighted by Gasteiger charge is -2.06. The Bertz CT molecular complexity index is 677. The van der Waals surface area contributed by atoms with Crippen LogP contribution in [-0.4, -0.2) is 26.1 Å². The number of sulfone groups is 1. The van der Waals surface area contributed by atoms with Crippen LogP contribution in [0.4, 0.5) is 5.88 Å². The number of hydrogen-bond acceptors (Lipinski definition) is 6. The zero-order valence-corrected chi connectivity index (χ0v) is 11.5. The SMILES string of the molecule is CSc1ccc(-c2cc(N)on2)cc1S(C)(=O)=O. The molecule has 0 radical (unpaired) electrons. The quantitative estimate of drug-likeness (QED) is 0.868. The number of rotatable bonds is 3. The summed E-state index contributed by atoms with van der Waals surface area (Å²) in [6, 6.07) is 6.68. The van der Waals surface area contributed by atoms with Gasteiger partial charge in [-0.15, -0.1) is 11.8 Å². The van der Waals surface area contributed by atoms with Gasteiger partial charge in [0, 0.05) is 22.8 Å². The van der Waals surface area contributed by atoms with Crippen molar-refractivity contribution in [2.45, 2.75) is 9.79 Å². The van der Waals surface area contributed by atoms with Crippen molar-refractivity contribution in [2.75, 3.05) is 18.2 Å². The third-order valence-electron chi connectivity index (χ3n) is 2.39. The third kappa shape index (κ3) is 2.51. The molecule has 5 nitrogen and oxygen atoms in total. The number of anilines is 1. The number of hydrogen-bond donors (Lipinski definition) is 1. The molecule has 1 aromatic heterocycles. The summed E-state index contributed by atoms with van der Waals surface area (Å²) in [5, 5.41) is 3.76. The van der Waals surface area contributed by atoms with E-state index in [2.05, 4.69) is 5.16 Å². The fourth-order valence-corrected chi connectivity index (χ4v) is 3.49. The fraction of sp³-hybridized carbons (Fsp3) is 0.182. The molecule has 0 spiro atoms. The van der Waals surface area contributed by atoms with Crippen LogP contribution in [0.15, 0.2) is 38.6 Å². The van der Waals surface area contributed by atoms with Crippen LogP contribution in [0.25, 0.3) is 11.3 Å². The first-order valence-electron chi connectivity index (χ1n) is 5.02. The highest BCUT2D eigenvalue weighted by molar-refractivity contribution is 7.99. The van der Waals surface area contributed by atoms with Crippen LogP contribution in [-0.2, 0) is 9.84 Å². The molecular weight excluding hydrogens is 272 g/mol. The Morgan fingerprint density at radius 3 is 2.56 bits per heavy atom. The Morgan fingerprint density at radius 2 is 2.06 bits per heavy atom. The maximum Gasteiger partial charge on any atom is 0.222 e. The summed E-state index contributed by atoms with van der Waals surface area (Å²) in [5.74, 6) is 0.194. The van der Waals surface area contributed by atoms with E-state index < -0.39 is 9.84 Å². The predicted octanol–water partition coefficient (Wildman–Crippen LogP) is 2.05. The van der Waals surface area contributed by atoms with E-state index >= 15 is 0 Å². The zero-order valence-electron chi connectivity index (χ0n) is 9.88. The Morgan fingerprint density at radius 1 is 1.33 bits per heavy atom. The molecule has 0 unspecified atom stereocenters. The van der Waals surface area contributed by atoms with Gasteiger partial charge in [0.1, 0.15) is 5.69 Å². The molecule has 18 heavy (non-hydrogen) atoms. The Labute approximate surface area is 109 Å². The van der Waals surface area contributed by atoms with Crippen LogP contribution in [0.1, 0.15) is 0 Å². The largest absolute Gasteiger partial charge is 0.368 e. The second-order valence-electron chi connectivity index (χ2n) is 3.75. The van der Waals surface area contributed by atoms with Crippen molar-refractivity contribution >= 4 is 27.5 Å². The van der Waals surface area contributed by atoms with E-state index in [9.17, 15) is 8.42 Å². The van der Waals surface area contributed by atoms with Crippen molar-refractivity contribution in [1.29, 1.82) is 0 Å². The molecule has 0 amide bonds. The van der Waals surface area contributed by atoms with Gasteiger partial charge in [-0.2, -0.15) is 0 Å². The summed E-state index contributed by atoms with van der Waals surface area (Å²) in [5.41, 5.74) is 6.62. The van der Waals surface area contributed by atoms with E-state index in [-0.39, 0.29) is 10.8 Å². The van der Waals surface area contributed by atoms with Gasteiger partial charge in [0.15, 0.2) is 9.84 Å². The summed E-state index contributed by atoms with van der Waals surface area (Å²) in [4.78, 5) is 0.992. The lowest BCUT2D eigenvalue weighted by molar-refractivity contribution is 0.439. The van der Waals surface area contributed by atoms with Gasteiger partial charge in [0.2, 0.25) is 5.88 Å². The van der Waals surface area contributed by atoms with Crippen molar-refractivity contribution in [1.82, 2.24) is 5.16 Å². The molecule has 1 aromatic carbocycles. The molecule has 2 N–H and O–H groups in total. The average molecular weight is 284 g/mol. The number of nitrogens with zero attached hydrogens (tertiary/aromatic N) is 1. The summed E-state index contributed by atoms with van der Waals surface area (Å²) < 4.78 is 28.2. The first-order valence-corrected chi connectivity index (χ1v) is 8.14. The van der Waals surface area contributed by atoms with E-state index in [1.54, 1.807) is 24.3 Å². The second kappa shape index (κ2) is 4.66. The maximum atomic E-state index is 11.7. The van der Waals surface area contributed by atoms with Gasteiger partial charge >= 0.3 is 0 Å². The van der Waals surface area contributed by atoms with Crippen LogP contribution in [0.5, 0.6) is 0 Å². The van der Waals surface area contributed by atoms with E-state index in [0.29, 0.717) is 16.2 Å². The van der Waals surface area contributed by atoms with Gasteiger partial charge in [-0.1, -0.05) is 11.2 Å². The zero-order chi connectivity index (χ0) is 13.3. The summed E-state index contributed by atoms with van der Waals surface area (Å²) in [6.07, 6.45) is 3.01. The van der Waals surface area contributed by atoms with Gasteiger partial charge < -0.3 is 10.3 Å². The van der Waals surface area contributed by atoms with Crippen LogP contribution in [0.3, 0.4) is 0 Å². The molecule has 0 atom stereocenters. The Balaban J connectivity index is 2.60. The minimum absolute atomic E-state index is 0.194. The fourth-order valence-electron chi connectivity index (χ4n) is 1.55. The van der Waals surface area contributed by atoms with Gasteiger partial charge in [0.05, 0.1) is 4.90 Å². The minimum Gasteiger partial charge on any atom is -0.368 e. The Hall–Kier alpha value is -1.47. The van der Waals surface area contributed by atoms with E-state index in [0.717, 1.165) is 0 Å². The lowest BCUT2D eigenvalue weighted by Crippen LogP contribution is -1.99. The van der Waals surface area contributed by atoms with Gasteiger partial charge in [-0.05, 0) is 18.4 Å². The monoisotopic (exact) mass is 284 g/mol. The molecule has 2 rings (SSSR count). The summed E-state index contributed by atoms with van der Waals surface area (Å²) >= 11 is 1.38. The van der Waals surface area contributed by atoms with E-state index in [4.69, 9.17) is 10.3 Å². The smallest absolute Gasteiger partial charge is 0.222 e. The number of nitrogens with two attached hydrogens (primary N) is 1. The van der Waals surface area contributed by atoms with Crippen LogP contribution >= 0.6 is 11.8 Å². The van der Waals surface area contributed by atoms with E-state index in [1.807, 2.05) is 6.26 Å². The topological polar surface area (TPSA) is 86.2 Å². The lowest BCUT2D eigenvalue weighted by atomic mass is 10.1. The number of benzene rings is 1. The molecule has 0 fully saturated rings. The normalized spacial score (nSPS) is 11.7. The first-order chi connectivity index (χ1) is 8.41. The van der Waals surface area contributed by atoms with Crippen molar-refractivity contribution in [3.8, 4) is 11.3 Å². The Kier molecular flexibility index (Phi) is 3.36. The molecule has 0 aliphatic rings. The van der Waals surface area contributed by atoms with Crippen molar-refractivity contribution in [2.24, 2.45) is 0 Å². The first kappa shape index (κ1) is 13.0. The average Bonchev–Trinajstić information content (AvgIpc) is 2.74.